The molecule has 0 radical (unpaired) electrons. The van der Waals surface area contributed by atoms with Gasteiger partial charge >= 0.3 is 0 Å². The predicted octanol–water partition coefficient (Wildman–Crippen LogP) is 0.311. The van der Waals surface area contributed by atoms with Gasteiger partial charge in [0.15, 0.2) is 0 Å². The topological polar surface area (TPSA) is 72.3 Å². The van der Waals surface area contributed by atoms with E-state index in [1.807, 2.05) is 0 Å². The number of likely N-dealkylation sites (tertiary alicyclic amines) is 1. The maximum atomic E-state index is 11.1. The van der Waals surface area contributed by atoms with Crippen molar-refractivity contribution in [3.05, 3.63) is 0 Å². The summed E-state index contributed by atoms with van der Waals surface area (Å²) in [5.74, 6) is 0.653. The van der Waals surface area contributed by atoms with Crippen LogP contribution >= 0.6 is 0 Å². The molecular formula is C12H23N3O. The lowest BCUT2D eigenvalue weighted by molar-refractivity contribution is -0.123. The van der Waals surface area contributed by atoms with E-state index in [4.69, 9.17) is 11.5 Å². The predicted molar refractivity (Wildman–Crippen MR) is 63.7 cm³/mol. The lowest BCUT2D eigenvalue weighted by atomic mass is 9.93. The summed E-state index contributed by atoms with van der Waals surface area (Å²) < 4.78 is 0. The monoisotopic (exact) mass is 225 g/mol. The molecule has 0 aromatic rings. The molecule has 1 aliphatic heterocycles. The van der Waals surface area contributed by atoms with Gasteiger partial charge in [0.2, 0.25) is 5.91 Å². The van der Waals surface area contributed by atoms with Crippen LogP contribution < -0.4 is 11.5 Å². The summed E-state index contributed by atoms with van der Waals surface area (Å²) in [6.45, 7) is 2.85. The highest BCUT2D eigenvalue weighted by Gasteiger charge is 2.34. The first-order valence-corrected chi connectivity index (χ1v) is 6.45. The smallest absolute Gasteiger partial charge is 0.220 e. The molecule has 1 aliphatic carbocycles. The van der Waals surface area contributed by atoms with Gasteiger partial charge in [-0.05, 0) is 51.2 Å². The zero-order valence-electron chi connectivity index (χ0n) is 9.90. The Hall–Kier alpha value is -0.610. The van der Waals surface area contributed by atoms with Gasteiger partial charge in [-0.2, -0.15) is 0 Å². The number of piperidine rings is 1. The van der Waals surface area contributed by atoms with Crippen molar-refractivity contribution >= 4 is 5.91 Å². The SMILES string of the molecule is NCC1CCCC1N1CCC(C(N)=O)CC1. The van der Waals surface area contributed by atoms with Crippen LogP contribution in [-0.4, -0.2) is 36.5 Å². The number of amides is 1. The summed E-state index contributed by atoms with van der Waals surface area (Å²) in [5.41, 5.74) is 11.1. The van der Waals surface area contributed by atoms with Gasteiger partial charge in [0.05, 0.1) is 0 Å². The molecule has 0 aromatic heterocycles. The molecule has 1 saturated heterocycles. The van der Waals surface area contributed by atoms with Gasteiger partial charge in [0.1, 0.15) is 0 Å². The maximum absolute atomic E-state index is 11.1. The number of rotatable bonds is 3. The number of nitrogens with two attached hydrogens (primary N) is 2. The van der Waals surface area contributed by atoms with Crippen LogP contribution in [0.1, 0.15) is 32.1 Å². The number of carbonyl (C=O) groups excluding carboxylic acids is 1. The fraction of sp³-hybridized carbons (Fsp3) is 0.917. The highest BCUT2D eigenvalue weighted by Crippen LogP contribution is 2.31. The van der Waals surface area contributed by atoms with E-state index in [0.717, 1.165) is 32.5 Å². The molecule has 2 fully saturated rings. The summed E-state index contributed by atoms with van der Waals surface area (Å²) in [6, 6.07) is 0.666. The molecule has 4 nitrogen and oxygen atoms in total. The third-order valence-electron chi connectivity index (χ3n) is 4.32. The standard InChI is InChI=1S/C12H23N3O/c13-8-10-2-1-3-11(10)15-6-4-9(5-7-15)12(14)16/h9-11H,1-8,13H2,(H2,14,16). The van der Waals surface area contributed by atoms with Gasteiger partial charge in [-0.25, -0.2) is 0 Å². The molecule has 4 heteroatoms. The molecule has 92 valence electrons. The summed E-state index contributed by atoms with van der Waals surface area (Å²) in [7, 11) is 0. The number of primary amides is 1. The van der Waals surface area contributed by atoms with E-state index < -0.39 is 0 Å². The molecule has 2 rings (SSSR count). The third-order valence-corrected chi connectivity index (χ3v) is 4.32. The second kappa shape index (κ2) is 5.15. The average molecular weight is 225 g/mol. The molecule has 1 heterocycles. The van der Waals surface area contributed by atoms with Gasteiger partial charge < -0.3 is 16.4 Å². The summed E-state index contributed by atoms with van der Waals surface area (Å²) in [5, 5.41) is 0. The Bertz CT molecular complexity index is 249. The Kier molecular flexibility index (Phi) is 3.82. The van der Waals surface area contributed by atoms with Crippen molar-refractivity contribution in [3.63, 3.8) is 0 Å². The van der Waals surface area contributed by atoms with Crippen molar-refractivity contribution in [2.45, 2.75) is 38.1 Å². The summed E-state index contributed by atoms with van der Waals surface area (Å²) in [6.07, 6.45) is 5.73. The molecule has 2 atom stereocenters. The zero-order chi connectivity index (χ0) is 11.5. The molecule has 16 heavy (non-hydrogen) atoms. The fourth-order valence-corrected chi connectivity index (χ4v) is 3.29. The lowest BCUT2D eigenvalue weighted by Gasteiger charge is -2.37. The molecular weight excluding hydrogens is 202 g/mol. The average Bonchev–Trinajstić information content (AvgIpc) is 2.77. The Morgan fingerprint density at radius 3 is 2.44 bits per heavy atom. The highest BCUT2D eigenvalue weighted by molar-refractivity contribution is 5.76. The fourth-order valence-electron chi connectivity index (χ4n) is 3.29. The first-order chi connectivity index (χ1) is 7.72. The van der Waals surface area contributed by atoms with Gasteiger partial charge in [0, 0.05) is 12.0 Å². The van der Waals surface area contributed by atoms with Gasteiger partial charge in [-0.3, -0.25) is 4.79 Å². The van der Waals surface area contributed by atoms with Crippen molar-refractivity contribution < 1.29 is 4.79 Å². The highest BCUT2D eigenvalue weighted by atomic mass is 16.1. The molecule has 2 unspecified atom stereocenters. The summed E-state index contributed by atoms with van der Waals surface area (Å²) in [4.78, 5) is 13.6. The van der Waals surface area contributed by atoms with Crippen LogP contribution in [-0.2, 0) is 4.79 Å². The molecule has 0 aromatic carbocycles. The first kappa shape index (κ1) is 11.9. The van der Waals surface area contributed by atoms with Crippen LogP contribution in [0.3, 0.4) is 0 Å². The van der Waals surface area contributed by atoms with Crippen molar-refractivity contribution in [2.24, 2.45) is 23.3 Å². The molecule has 0 bridgehead atoms. The number of nitrogens with zero attached hydrogens (tertiary/aromatic N) is 1. The largest absolute Gasteiger partial charge is 0.369 e. The van der Waals surface area contributed by atoms with Crippen LogP contribution in [0.15, 0.2) is 0 Å². The van der Waals surface area contributed by atoms with Crippen molar-refractivity contribution in [3.8, 4) is 0 Å². The second-order valence-corrected chi connectivity index (χ2v) is 5.21. The lowest BCUT2D eigenvalue weighted by Crippen LogP contribution is -2.46. The van der Waals surface area contributed by atoms with Crippen LogP contribution in [0.5, 0.6) is 0 Å². The Morgan fingerprint density at radius 2 is 1.88 bits per heavy atom. The van der Waals surface area contributed by atoms with E-state index in [1.165, 1.54) is 19.3 Å². The van der Waals surface area contributed by atoms with E-state index in [-0.39, 0.29) is 11.8 Å². The molecule has 1 saturated carbocycles. The van der Waals surface area contributed by atoms with E-state index in [0.29, 0.717) is 12.0 Å². The van der Waals surface area contributed by atoms with E-state index >= 15 is 0 Å². The van der Waals surface area contributed by atoms with Crippen LogP contribution in [0.4, 0.5) is 0 Å². The molecule has 2 aliphatic rings. The van der Waals surface area contributed by atoms with Crippen LogP contribution in [0.25, 0.3) is 0 Å². The Labute approximate surface area is 97.3 Å². The van der Waals surface area contributed by atoms with Crippen LogP contribution in [0, 0.1) is 11.8 Å². The minimum Gasteiger partial charge on any atom is -0.369 e. The quantitative estimate of drug-likeness (QED) is 0.726. The first-order valence-electron chi connectivity index (χ1n) is 6.45. The van der Waals surface area contributed by atoms with Crippen LogP contribution in [0.2, 0.25) is 0 Å². The normalized spacial score (nSPS) is 33.1. The zero-order valence-corrected chi connectivity index (χ0v) is 9.90. The number of carbonyl (C=O) groups is 1. The molecule has 1 amide bonds. The Morgan fingerprint density at radius 1 is 1.19 bits per heavy atom. The van der Waals surface area contributed by atoms with Gasteiger partial charge in [-0.1, -0.05) is 6.42 Å². The van der Waals surface area contributed by atoms with Gasteiger partial charge in [-0.15, -0.1) is 0 Å². The van der Waals surface area contributed by atoms with E-state index in [1.54, 1.807) is 0 Å². The second-order valence-electron chi connectivity index (χ2n) is 5.21. The minimum atomic E-state index is -0.124. The molecule has 0 spiro atoms. The minimum absolute atomic E-state index is 0.106. The van der Waals surface area contributed by atoms with Crippen molar-refractivity contribution in [1.82, 2.24) is 4.90 Å². The molecule has 4 N–H and O–H groups in total. The number of hydrogen-bond donors (Lipinski definition) is 2. The summed E-state index contributed by atoms with van der Waals surface area (Å²) >= 11 is 0. The number of hydrogen-bond acceptors (Lipinski definition) is 3. The van der Waals surface area contributed by atoms with E-state index in [2.05, 4.69) is 4.90 Å². The van der Waals surface area contributed by atoms with Crippen molar-refractivity contribution in [2.75, 3.05) is 19.6 Å². The maximum Gasteiger partial charge on any atom is 0.220 e. The third kappa shape index (κ3) is 2.38. The Balaban J connectivity index is 1.86. The van der Waals surface area contributed by atoms with Crippen molar-refractivity contribution in [1.29, 1.82) is 0 Å². The van der Waals surface area contributed by atoms with Gasteiger partial charge in [0.25, 0.3) is 0 Å². The van der Waals surface area contributed by atoms with E-state index in [9.17, 15) is 4.79 Å².